The molecule has 0 bridgehead atoms. The molecule has 0 fully saturated rings. The van der Waals surface area contributed by atoms with Gasteiger partial charge in [-0.25, -0.2) is 0 Å². The quantitative estimate of drug-likeness (QED) is 0.909. The number of carbonyl (C=O) groups excluding carboxylic acids is 1. The zero-order valence-corrected chi connectivity index (χ0v) is 11.8. The Bertz CT molecular complexity index is 629. The van der Waals surface area contributed by atoms with E-state index in [2.05, 4.69) is 5.32 Å². The smallest absolute Gasteiger partial charge is 0.259 e. The number of rotatable bonds is 4. The third-order valence-corrected chi connectivity index (χ3v) is 3.06. The predicted octanol–water partition coefficient (Wildman–Crippen LogP) is 3.06. The summed E-state index contributed by atoms with van der Waals surface area (Å²) in [5.41, 5.74) is 7.64. The van der Waals surface area contributed by atoms with Crippen molar-refractivity contribution in [2.45, 2.75) is 6.54 Å². The minimum Gasteiger partial charge on any atom is -0.496 e. The fraction of sp³-hybridized carbons (Fsp3) is 0.133. The molecule has 2 rings (SSSR count). The maximum absolute atomic E-state index is 12.2. The van der Waals surface area contributed by atoms with E-state index < -0.39 is 0 Å². The van der Waals surface area contributed by atoms with E-state index >= 15 is 0 Å². The SMILES string of the molecule is COc1cc(Cl)ccc1C(=O)Nc1cccc(CN)c1. The third kappa shape index (κ3) is 3.29. The van der Waals surface area contributed by atoms with Gasteiger partial charge in [0.05, 0.1) is 12.7 Å². The number of halogens is 1. The first-order valence-corrected chi connectivity index (χ1v) is 6.45. The van der Waals surface area contributed by atoms with Crippen LogP contribution in [0, 0.1) is 0 Å². The number of amides is 1. The van der Waals surface area contributed by atoms with E-state index in [1.807, 2.05) is 18.2 Å². The van der Waals surface area contributed by atoms with Crippen molar-refractivity contribution >= 4 is 23.2 Å². The number of methoxy groups -OCH3 is 1. The molecule has 3 N–H and O–H groups in total. The third-order valence-electron chi connectivity index (χ3n) is 2.83. The average Bonchev–Trinajstić information content (AvgIpc) is 2.47. The van der Waals surface area contributed by atoms with Crippen LogP contribution >= 0.6 is 11.6 Å². The molecule has 0 saturated carbocycles. The monoisotopic (exact) mass is 290 g/mol. The Balaban J connectivity index is 2.23. The van der Waals surface area contributed by atoms with Crippen molar-refractivity contribution in [3.8, 4) is 5.75 Å². The van der Waals surface area contributed by atoms with E-state index in [0.717, 1.165) is 5.56 Å². The first-order valence-electron chi connectivity index (χ1n) is 6.08. The Morgan fingerprint density at radius 1 is 1.30 bits per heavy atom. The molecule has 0 radical (unpaired) electrons. The Labute approximate surface area is 122 Å². The lowest BCUT2D eigenvalue weighted by Gasteiger charge is -2.10. The van der Waals surface area contributed by atoms with Crippen LogP contribution in [0.5, 0.6) is 5.75 Å². The lowest BCUT2D eigenvalue weighted by atomic mass is 10.1. The summed E-state index contributed by atoms with van der Waals surface area (Å²) in [7, 11) is 1.50. The fourth-order valence-electron chi connectivity index (χ4n) is 1.83. The molecule has 0 aliphatic heterocycles. The number of anilines is 1. The molecule has 0 unspecified atom stereocenters. The van der Waals surface area contributed by atoms with E-state index in [4.69, 9.17) is 22.1 Å². The summed E-state index contributed by atoms with van der Waals surface area (Å²) in [5, 5.41) is 3.33. The van der Waals surface area contributed by atoms with E-state index in [1.54, 1.807) is 24.3 Å². The Morgan fingerprint density at radius 3 is 2.80 bits per heavy atom. The minimum absolute atomic E-state index is 0.257. The van der Waals surface area contributed by atoms with Gasteiger partial charge >= 0.3 is 0 Å². The van der Waals surface area contributed by atoms with Gasteiger partial charge in [-0.1, -0.05) is 23.7 Å². The molecule has 0 atom stereocenters. The highest BCUT2D eigenvalue weighted by Gasteiger charge is 2.12. The van der Waals surface area contributed by atoms with Crippen LogP contribution in [0.15, 0.2) is 42.5 Å². The molecule has 0 aromatic heterocycles. The second-order valence-electron chi connectivity index (χ2n) is 4.20. The molecule has 4 nitrogen and oxygen atoms in total. The summed E-state index contributed by atoms with van der Waals surface area (Å²) in [6.45, 7) is 0.425. The van der Waals surface area contributed by atoms with Crippen LogP contribution in [-0.4, -0.2) is 13.0 Å². The van der Waals surface area contributed by atoms with Crippen LogP contribution < -0.4 is 15.8 Å². The van der Waals surface area contributed by atoms with Gasteiger partial charge in [-0.3, -0.25) is 4.79 Å². The summed E-state index contributed by atoms with van der Waals surface area (Å²) < 4.78 is 5.16. The van der Waals surface area contributed by atoms with Crippen LogP contribution in [-0.2, 0) is 6.54 Å². The van der Waals surface area contributed by atoms with Crippen molar-refractivity contribution in [3.05, 3.63) is 58.6 Å². The van der Waals surface area contributed by atoms with Crippen LogP contribution in [0.2, 0.25) is 5.02 Å². The highest BCUT2D eigenvalue weighted by atomic mass is 35.5. The second kappa shape index (κ2) is 6.41. The lowest BCUT2D eigenvalue weighted by molar-refractivity contribution is 0.102. The zero-order chi connectivity index (χ0) is 14.5. The maximum atomic E-state index is 12.2. The Hall–Kier alpha value is -2.04. The summed E-state index contributed by atoms with van der Waals surface area (Å²) in [5.74, 6) is 0.178. The molecule has 0 aliphatic carbocycles. The van der Waals surface area contributed by atoms with Gasteiger partial charge in [0.2, 0.25) is 0 Å². The lowest BCUT2D eigenvalue weighted by Crippen LogP contribution is -2.13. The van der Waals surface area contributed by atoms with Crippen molar-refractivity contribution < 1.29 is 9.53 Å². The number of hydrogen-bond acceptors (Lipinski definition) is 3. The molecule has 2 aromatic rings. The van der Waals surface area contributed by atoms with Gasteiger partial charge in [0.25, 0.3) is 5.91 Å². The summed E-state index contributed by atoms with van der Waals surface area (Å²) >= 11 is 5.87. The van der Waals surface area contributed by atoms with Crippen molar-refractivity contribution in [1.82, 2.24) is 0 Å². The van der Waals surface area contributed by atoms with E-state index in [-0.39, 0.29) is 5.91 Å². The first-order chi connectivity index (χ1) is 9.63. The minimum atomic E-state index is -0.257. The molecule has 2 aromatic carbocycles. The summed E-state index contributed by atoms with van der Waals surface area (Å²) in [6.07, 6.45) is 0. The highest BCUT2D eigenvalue weighted by molar-refractivity contribution is 6.31. The number of carbonyl (C=O) groups is 1. The van der Waals surface area contributed by atoms with Gasteiger partial charge in [-0.15, -0.1) is 0 Å². The maximum Gasteiger partial charge on any atom is 0.259 e. The molecular formula is C15H15ClN2O2. The van der Waals surface area contributed by atoms with Crippen molar-refractivity contribution in [1.29, 1.82) is 0 Å². The van der Waals surface area contributed by atoms with Crippen molar-refractivity contribution in [2.24, 2.45) is 5.73 Å². The number of hydrogen-bond donors (Lipinski definition) is 2. The van der Waals surface area contributed by atoms with Gasteiger partial charge in [0.1, 0.15) is 5.75 Å². The van der Waals surface area contributed by atoms with Gasteiger partial charge in [0.15, 0.2) is 0 Å². The van der Waals surface area contributed by atoms with Gasteiger partial charge in [0, 0.05) is 17.3 Å². The molecule has 0 aliphatic rings. The number of nitrogens with two attached hydrogens (primary N) is 1. The molecule has 5 heteroatoms. The molecule has 0 spiro atoms. The van der Waals surface area contributed by atoms with E-state index in [1.165, 1.54) is 7.11 Å². The Morgan fingerprint density at radius 2 is 2.10 bits per heavy atom. The second-order valence-corrected chi connectivity index (χ2v) is 4.64. The van der Waals surface area contributed by atoms with E-state index in [9.17, 15) is 4.79 Å². The first kappa shape index (κ1) is 14.4. The summed E-state index contributed by atoms with van der Waals surface area (Å²) in [4.78, 5) is 12.2. The number of ether oxygens (including phenoxy) is 1. The Kier molecular flexibility index (Phi) is 4.61. The average molecular weight is 291 g/mol. The van der Waals surface area contributed by atoms with Gasteiger partial charge in [-0.05, 0) is 35.9 Å². The number of nitrogens with one attached hydrogen (secondary N) is 1. The van der Waals surface area contributed by atoms with Gasteiger partial charge < -0.3 is 15.8 Å². The van der Waals surface area contributed by atoms with Gasteiger partial charge in [-0.2, -0.15) is 0 Å². The van der Waals surface area contributed by atoms with Crippen LogP contribution in [0.3, 0.4) is 0 Å². The predicted molar refractivity (Wildman–Crippen MR) is 80.3 cm³/mol. The van der Waals surface area contributed by atoms with Crippen molar-refractivity contribution in [2.75, 3.05) is 12.4 Å². The van der Waals surface area contributed by atoms with Crippen LogP contribution in [0.4, 0.5) is 5.69 Å². The number of benzene rings is 2. The standard InChI is InChI=1S/C15H15ClN2O2/c1-20-14-8-11(16)5-6-13(14)15(19)18-12-4-2-3-10(7-12)9-17/h2-8H,9,17H2,1H3,(H,18,19). The fourth-order valence-corrected chi connectivity index (χ4v) is 1.99. The molecular weight excluding hydrogens is 276 g/mol. The van der Waals surface area contributed by atoms with Crippen LogP contribution in [0.25, 0.3) is 0 Å². The molecule has 1 amide bonds. The van der Waals surface area contributed by atoms with Crippen LogP contribution in [0.1, 0.15) is 15.9 Å². The highest BCUT2D eigenvalue weighted by Crippen LogP contribution is 2.24. The molecule has 0 heterocycles. The normalized spacial score (nSPS) is 10.2. The molecule has 0 saturated heterocycles. The molecule has 20 heavy (non-hydrogen) atoms. The topological polar surface area (TPSA) is 64.3 Å². The largest absolute Gasteiger partial charge is 0.496 e. The zero-order valence-electron chi connectivity index (χ0n) is 11.0. The summed E-state index contributed by atoms with van der Waals surface area (Å²) in [6, 6.07) is 12.3. The van der Waals surface area contributed by atoms with Crippen molar-refractivity contribution in [3.63, 3.8) is 0 Å². The molecule has 104 valence electrons. The van der Waals surface area contributed by atoms with E-state index in [0.29, 0.717) is 28.6 Å².